The molecule has 0 spiro atoms. The topological polar surface area (TPSA) is 25.8 Å². The van der Waals surface area contributed by atoms with E-state index in [1.54, 1.807) is 0 Å². The Morgan fingerprint density at radius 2 is 1.50 bits per heavy atom. The first kappa shape index (κ1) is 12.4. The molecule has 0 aliphatic heterocycles. The van der Waals surface area contributed by atoms with E-state index in [0.717, 1.165) is 18.7 Å². The van der Waals surface area contributed by atoms with Crippen LogP contribution < -0.4 is 0 Å². The third kappa shape index (κ3) is 2.15. The van der Waals surface area contributed by atoms with Gasteiger partial charge in [-0.15, -0.1) is 0 Å². The Kier molecular flexibility index (Phi) is 3.31. The summed E-state index contributed by atoms with van der Waals surface area (Å²) in [5, 5.41) is 0.752. The maximum Gasteiger partial charge on any atom is 0.148 e. The van der Waals surface area contributed by atoms with Gasteiger partial charge >= 0.3 is 0 Å². The van der Waals surface area contributed by atoms with Crippen LogP contribution in [0.4, 0.5) is 0 Å². The van der Waals surface area contributed by atoms with Gasteiger partial charge in [-0.3, -0.25) is 0 Å². The van der Waals surface area contributed by atoms with E-state index in [2.05, 4.69) is 50.2 Å². The van der Waals surface area contributed by atoms with Crippen molar-refractivity contribution in [3.8, 4) is 0 Å². The van der Waals surface area contributed by atoms with E-state index < -0.39 is 0 Å². The Balaban J connectivity index is 1.95. The summed E-state index contributed by atoms with van der Waals surface area (Å²) >= 11 is 15.3. The van der Waals surface area contributed by atoms with Crippen LogP contribution in [0, 0.1) is 0 Å². The SMILES string of the molecule is Clc1nc(C2Cc3ccccc3C2)nc(Cl)c1Br. The molecule has 92 valence electrons. The fourth-order valence-corrected chi connectivity index (χ4v) is 2.91. The Morgan fingerprint density at radius 3 is 2.00 bits per heavy atom. The average molecular weight is 344 g/mol. The number of nitrogens with zero attached hydrogens (tertiary/aromatic N) is 2. The Labute approximate surface area is 123 Å². The van der Waals surface area contributed by atoms with Gasteiger partial charge in [0, 0.05) is 5.92 Å². The summed E-state index contributed by atoms with van der Waals surface area (Å²) in [7, 11) is 0. The minimum atomic E-state index is 0.269. The van der Waals surface area contributed by atoms with Gasteiger partial charge in [0.15, 0.2) is 0 Å². The smallest absolute Gasteiger partial charge is 0.148 e. The van der Waals surface area contributed by atoms with E-state index in [0.29, 0.717) is 14.8 Å². The molecule has 0 saturated carbocycles. The van der Waals surface area contributed by atoms with Gasteiger partial charge in [-0.2, -0.15) is 0 Å². The Bertz CT molecular complexity index is 568. The number of aromatic nitrogens is 2. The lowest BCUT2D eigenvalue weighted by molar-refractivity contribution is 0.681. The third-order valence-corrected chi connectivity index (χ3v) is 4.96. The molecular weight excluding hydrogens is 335 g/mol. The standard InChI is InChI=1S/C13H9BrCl2N2/c14-10-11(15)17-13(18-12(10)16)9-5-7-3-1-2-4-8(7)6-9/h1-4,9H,5-6H2. The zero-order chi connectivity index (χ0) is 12.7. The molecule has 1 aliphatic carbocycles. The molecule has 0 N–H and O–H groups in total. The molecule has 0 amide bonds. The fraction of sp³-hybridized carbons (Fsp3) is 0.231. The van der Waals surface area contributed by atoms with Crippen molar-refractivity contribution >= 4 is 39.1 Å². The van der Waals surface area contributed by atoms with Gasteiger partial charge < -0.3 is 0 Å². The van der Waals surface area contributed by atoms with Crippen LogP contribution in [0.15, 0.2) is 28.7 Å². The van der Waals surface area contributed by atoms with E-state index >= 15 is 0 Å². The monoisotopic (exact) mass is 342 g/mol. The summed E-state index contributed by atoms with van der Waals surface area (Å²) in [6.07, 6.45) is 1.90. The summed E-state index contributed by atoms with van der Waals surface area (Å²) < 4.78 is 0.560. The van der Waals surface area contributed by atoms with Crippen molar-refractivity contribution in [2.45, 2.75) is 18.8 Å². The molecule has 1 heterocycles. The van der Waals surface area contributed by atoms with Crippen LogP contribution >= 0.6 is 39.1 Å². The zero-order valence-corrected chi connectivity index (χ0v) is 12.4. The second kappa shape index (κ2) is 4.80. The van der Waals surface area contributed by atoms with Crippen LogP contribution in [0.1, 0.15) is 22.9 Å². The molecule has 0 saturated heterocycles. The average Bonchev–Trinajstić information content (AvgIpc) is 2.79. The highest BCUT2D eigenvalue weighted by molar-refractivity contribution is 9.10. The number of hydrogen-bond acceptors (Lipinski definition) is 2. The second-order valence-corrected chi connectivity index (χ2v) is 5.86. The Morgan fingerprint density at radius 1 is 1.00 bits per heavy atom. The van der Waals surface area contributed by atoms with Crippen LogP contribution in [0.5, 0.6) is 0 Å². The van der Waals surface area contributed by atoms with Crippen molar-refractivity contribution in [3.63, 3.8) is 0 Å². The molecule has 1 aromatic heterocycles. The van der Waals surface area contributed by atoms with Crippen molar-refractivity contribution in [1.29, 1.82) is 0 Å². The molecule has 18 heavy (non-hydrogen) atoms. The van der Waals surface area contributed by atoms with E-state index in [4.69, 9.17) is 23.2 Å². The normalized spacial score (nSPS) is 14.8. The largest absolute Gasteiger partial charge is 0.220 e. The number of rotatable bonds is 1. The summed E-state index contributed by atoms with van der Waals surface area (Å²) in [5.41, 5.74) is 2.72. The van der Waals surface area contributed by atoms with E-state index in [9.17, 15) is 0 Å². The molecule has 1 aromatic carbocycles. The number of halogens is 3. The van der Waals surface area contributed by atoms with Gasteiger partial charge in [-0.25, -0.2) is 9.97 Å². The highest BCUT2D eigenvalue weighted by atomic mass is 79.9. The fourth-order valence-electron chi connectivity index (χ4n) is 2.33. The van der Waals surface area contributed by atoms with E-state index in [-0.39, 0.29) is 5.92 Å². The molecule has 1 aliphatic rings. The van der Waals surface area contributed by atoms with Crippen LogP contribution in [0.2, 0.25) is 10.3 Å². The molecule has 0 radical (unpaired) electrons. The predicted molar refractivity (Wildman–Crippen MR) is 76.3 cm³/mol. The quantitative estimate of drug-likeness (QED) is 0.716. The highest BCUT2D eigenvalue weighted by Gasteiger charge is 2.25. The molecule has 2 aromatic rings. The summed E-state index contributed by atoms with van der Waals surface area (Å²) in [5.74, 6) is 0.995. The lowest BCUT2D eigenvalue weighted by atomic mass is 10.1. The zero-order valence-electron chi connectivity index (χ0n) is 9.33. The van der Waals surface area contributed by atoms with Crippen molar-refractivity contribution in [1.82, 2.24) is 9.97 Å². The molecular formula is C13H9BrCl2N2. The van der Waals surface area contributed by atoms with Crippen LogP contribution in [-0.4, -0.2) is 9.97 Å². The molecule has 0 atom stereocenters. The first-order valence-corrected chi connectivity index (χ1v) is 7.15. The van der Waals surface area contributed by atoms with Gasteiger partial charge in [0.2, 0.25) is 0 Å². The summed E-state index contributed by atoms with van der Waals surface area (Å²) in [6.45, 7) is 0. The highest BCUT2D eigenvalue weighted by Crippen LogP contribution is 2.35. The van der Waals surface area contributed by atoms with Gasteiger partial charge in [-0.1, -0.05) is 47.5 Å². The predicted octanol–water partition coefficient (Wildman–Crippen LogP) is 4.43. The maximum atomic E-state index is 6.03. The minimum Gasteiger partial charge on any atom is -0.220 e. The number of benzene rings is 1. The van der Waals surface area contributed by atoms with Crippen LogP contribution in [0.3, 0.4) is 0 Å². The van der Waals surface area contributed by atoms with Crippen molar-refractivity contribution in [2.24, 2.45) is 0 Å². The first-order valence-electron chi connectivity index (χ1n) is 5.60. The first-order chi connectivity index (χ1) is 8.65. The lowest BCUT2D eigenvalue weighted by Crippen LogP contribution is -2.05. The molecule has 0 bridgehead atoms. The van der Waals surface area contributed by atoms with Crippen LogP contribution in [-0.2, 0) is 12.8 Å². The van der Waals surface area contributed by atoms with Gasteiger partial charge in [0.1, 0.15) is 16.1 Å². The number of fused-ring (bicyclic) bond motifs is 1. The molecule has 2 nitrogen and oxygen atoms in total. The van der Waals surface area contributed by atoms with Gasteiger partial charge in [0.05, 0.1) is 4.47 Å². The minimum absolute atomic E-state index is 0.269. The van der Waals surface area contributed by atoms with E-state index in [1.165, 1.54) is 11.1 Å². The molecule has 3 rings (SSSR count). The number of hydrogen-bond donors (Lipinski definition) is 0. The van der Waals surface area contributed by atoms with Gasteiger partial charge in [0.25, 0.3) is 0 Å². The van der Waals surface area contributed by atoms with Crippen molar-refractivity contribution < 1.29 is 0 Å². The molecule has 5 heteroatoms. The third-order valence-electron chi connectivity index (χ3n) is 3.20. The maximum absolute atomic E-state index is 6.03. The Hall–Kier alpha value is -0.640. The van der Waals surface area contributed by atoms with E-state index in [1.807, 2.05) is 0 Å². The lowest BCUT2D eigenvalue weighted by Gasteiger charge is -2.09. The van der Waals surface area contributed by atoms with Crippen molar-refractivity contribution in [2.75, 3.05) is 0 Å². The summed E-state index contributed by atoms with van der Waals surface area (Å²) in [6, 6.07) is 8.42. The molecule has 0 fully saturated rings. The van der Waals surface area contributed by atoms with Crippen LogP contribution in [0.25, 0.3) is 0 Å². The molecule has 0 unspecified atom stereocenters. The summed E-state index contributed by atoms with van der Waals surface area (Å²) in [4.78, 5) is 8.64. The van der Waals surface area contributed by atoms with Crippen molar-refractivity contribution in [3.05, 3.63) is 56.0 Å². The second-order valence-electron chi connectivity index (χ2n) is 4.35. The van der Waals surface area contributed by atoms with Gasteiger partial charge in [-0.05, 0) is 39.9 Å².